The maximum Gasteiger partial charge on any atom is 0.323 e. The normalized spacial score (nSPS) is 27.5. The quantitative estimate of drug-likeness (QED) is 0.503. The summed E-state index contributed by atoms with van der Waals surface area (Å²) in [5.41, 5.74) is 4.68. The Morgan fingerprint density at radius 3 is 2.66 bits per heavy atom. The van der Waals surface area contributed by atoms with E-state index in [1.165, 1.54) is 23.8 Å². The van der Waals surface area contributed by atoms with Gasteiger partial charge in [0.2, 0.25) is 5.91 Å². The van der Waals surface area contributed by atoms with Crippen molar-refractivity contribution < 1.29 is 19.1 Å². The molecule has 3 aliphatic rings. The predicted octanol–water partition coefficient (Wildman–Crippen LogP) is 3.73. The molecule has 0 saturated carbocycles. The van der Waals surface area contributed by atoms with E-state index in [0.717, 1.165) is 49.2 Å². The van der Waals surface area contributed by atoms with Crippen molar-refractivity contribution in [3.63, 3.8) is 0 Å². The summed E-state index contributed by atoms with van der Waals surface area (Å²) in [5.74, 6) is 0.645. The Balaban J connectivity index is 1.44. The number of ether oxygens (including phenoxy) is 2. The van der Waals surface area contributed by atoms with Gasteiger partial charge in [0.05, 0.1) is 20.3 Å². The lowest BCUT2D eigenvalue weighted by Gasteiger charge is -2.52. The smallest absolute Gasteiger partial charge is 0.323 e. The number of piperidine rings is 1. The maximum atomic E-state index is 13.3. The number of nitrogens with zero attached hydrogens (tertiary/aromatic N) is 2. The van der Waals surface area contributed by atoms with Gasteiger partial charge in [0.15, 0.2) is 0 Å². The first-order chi connectivity index (χ1) is 18.5. The molecule has 6 rings (SSSR count). The summed E-state index contributed by atoms with van der Waals surface area (Å²) in [6.45, 7) is 3.39. The second-order valence-corrected chi connectivity index (χ2v) is 10.9. The Labute approximate surface area is 223 Å². The van der Waals surface area contributed by atoms with Crippen LogP contribution in [0.15, 0.2) is 48.5 Å². The average Bonchev–Trinajstić information content (AvgIpc) is 3.56. The summed E-state index contributed by atoms with van der Waals surface area (Å²) in [6.07, 6.45) is 3.36. The number of carbonyl (C=O) groups is 2. The van der Waals surface area contributed by atoms with Gasteiger partial charge >= 0.3 is 5.97 Å². The molecule has 0 spiro atoms. The molecule has 1 aromatic heterocycles. The highest BCUT2D eigenvalue weighted by Gasteiger charge is 2.49. The number of aromatic nitrogens is 1. The van der Waals surface area contributed by atoms with Gasteiger partial charge in [-0.1, -0.05) is 30.3 Å². The molecule has 2 aromatic carbocycles. The molecule has 0 unspecified atom stereocenters. The first kappa shape index (κ1) is 24.9. The van der Waals surface area contributed by atoms with Gasteiger partial charge in [0, 0.05) is 61.2 Å². The monoisotopic (exact) mass is 516 g/mol. The Kier molecular flexibility index (Phi) is 6.61. The molecule has 38 heavy (non-hydrogen) atoms. The summed E-state index contributed by atoms with van der Waals surface area (Å²) in [7, 11) is 3.18. The van der Waals surface area contributed by atoms with E-state index in [2.05, 4.69) is 56.5 Å². The number of methoxy groups -OCH3 is 2. The minimum Gasteiger partial charge on any atom is -0.497 e. The van der Waals surface area contributed by atoms with Crippen LogP contribution in [0.5, 0.6) is 5.75 Å². The second kappa shape index (κ2) is 10.1. The summed E-state index contributed by atoms with van der Waals surface area (Å²) < 4.78 is 11.0. The van der Waals surface area contributed by atoms with Gasteiger partial charge < -0.3 is 19.8 Å². The molecule has 3 aromatic rings. The van der Waals surface area contributed by atoms with Crippen molar-refractivity contribution in [2.24, 2.45) is 0 Å². The Hall–Kier alpha value is -3.36. The Bertz CT molecular complexity index is 1350. The topological polar surface area (TPSA) is 86.9 Å². The minimum absolute atomic E-state index is 0.0114. The third-order valence-electron chi connectivity index (χ3n) is 8.74. The Morgan fingerprint density at radius 2 is 1.87 bits per heavy atom. The number of benzene rings is 2. The van der Waals surface area contributed by atoms with Crippen LogP contribution in [0.3, 0.4) is 0 Å². The van der Waals surface area contributed by atoms with E-state index in [4.69, 9.17) is 9.47 Å². The van der Waals surface area contributed by atoms with Gasteiger partial charge in [0.25, 0.3) is 0 Å². The number of carbonyl (C=O) groups excluding carboxylic acids is 2. The van der Waals surface area contributed by atoms with E-state index in [9.17, 15) is 9.59 Å². The van der Waals surface area contributed by atoms with Crippen molar-refractivity contribution in [2.45, 2.75) is 62.8 Å². The standard InChI is InChI=1S/C30H36N4O4/c1-18(35)31-20-11-12-33(17-20)21-14-26(19-7-6-8-22(13-19)37-2)34-27(15-21)29-24(16-28(34)30(36)38-3)23-9-4-5-10-25(23)32-29/h4-10,13,20-21,26-28,32H,11-12,14-17H2,1-3H3,(H,31,35)/t20-,21+,26-,27+,28-/m0/s1. The number of para-hydroxylation sites is 1. The third kappa shape index (κ3) is 4.35. The van der Waals surface area contributed by atoms with E-state index in [1.54, 1.807) is 14.0 Å². The molecule has 2 fully saturated rings. The lowest BCUT2D eigenvalue weighted by molar-refractivity contribution is -0.152. The van der Waals surface area contributed by atoms with E-state index in [1.807, 2.05) is 12.1 Å². The molecule has 1 amide bonds. The highest BCUT2D eigenvalue weighted by molar-refractivity contribution is 5.87. The van der Waals surface area contributed by atoms with E-state index in [0.29, 0.717) is 12.5 Å². The molecule has 200 valence electrons. The number of rotatable bonds is 5. The van der Waals surface area contributed by atoms with Crippen molar-refractivity contribution >= 4 is 22.8 Å². The SMILES string of the molecule is COC(=O)[C@@H]1Cc2c([nH]c3ccccc23)[C@H]2C[C@H](N3CC[C@H](NC(C)=O)C3)C[C@@H](c3cccc(OC)c3)N21. The van der Waals surface area contributed by atoms with Crippen LogP contribution in [0.4, 0.5) is 0 Å². The molecule has 8 heteroatoms. The fourth-order valence-electron chi connectivity index (χ4n) is 7.12. The summed E-state index contributed by atoms with van der Waals surface area (Å²) >= 11 is 0. The van der Waals surface area contributed by atoms with Crippen LogP contribution in [0.2, 0.25) is 0 Å². The number of amides is 1. The van der Waals surface area contributed by atoms with E-state index >= 15 is 0 Å². The lowest BCUT2D eigenvalue weighted by atomic mass is 9.79. The van der Waals surface area contributed by atoms with Gasteiger partial charge in [-0.3, -0.25) is 19.4 Å². The van der Waals surface area contributed by atoms with Crippen LogP contribution < -0.4 is 10.1 Å². The van der Waals surface area contributed by atoms with Crippen LogP contribution in [0, 0.1) is 0 Å². The molecule has 4 heterocycles. The van der Waals surface area contributed by atoms with Gasteiger partial charge in [-0.2, -0.15) is 0 Å². The number of fused-ring (bicyclic) bond motifs is 5. The van der Waals surface area contributed by atoms with Gasteiger partial charge in [-0.15, -0.1) is 0 Å². The minimum atomic E-state index is -0.375. The number of H-pyrrole nitrogens is 1. The molecule has 0 radical (unpaired) electrons. The van der Waals surface area contributed by atoms with Crippen molar-refractivity contribution in [3.8, 4) is 5.75 Å². The Morgan fingerprint density at radius 1 is 1.05 bits per heavy atom. The number of likely N-dealkylation sites (tertiary alicyclic amines) is 1. The van der Waals surface area contributed by atoms with Crippen molar-refractivity contribution in [1.29, 1.82) is 0 Å². The molecular weight excluding hydrogens is 480 g/mol. The van der Waals surface area contributed by atoms with Crippen molar-refractivity contribution in [1.82, 2.24) is 20.1 Å². The van der Waals surface area contributed by atoms with Crippen LogP contribution in [0.1, 0.15) is 55.1 Å². The van der Waals surface area contributed by atoms with E-state index < -0.39 is 0 Å². The van der Waals surface area contributed by atoms with Crippen LogP contribution in [0.25, 0.3) is 10.9 Å². The molecule has 8 nitrogen and oxygen atoms in total. The highest BCUT2D eigenvalue weighted by Crippen LogP contribution is 2.50. The summed E-state index contributed by atoms with van der Waals surface area (Å²) in [4.78, 5) is 33.7. The van der Waals surface area contributed by atoms with Crippen LogP contribution in [-0.4, -0.2) is 72.1 Å². The largest absolute Gasteiger partial charge is 0.497 e. The van der Waals surface area contributed by atoms with Crippen molar-refractivity contribution in [3.05, 3.63) is 65.4 Å². The average molecular weight is 517 g/mol. The van der Waals surface area contributed by atoms with E-state index in [-0.39, 0.29) is 36.0 Å². The maximum absolute atomic E-state index is 13.3. The van der Waals surface area contributed by atoms with Crippen LogP contribution in [-0.2, 0) is 20.7 Å². The lowest BCUT2D eigenvalue weighted by Crippen LogP contribution is -2.56. The number of hydrogen-bond donors (Lipinski definition) is 2. The first-order valence-electron chi connectivity index (χ1n) is 13.6. The second-order valence-electron chi connectivity index (χ2n) is 10.9. The van der Waals surface area contributed by atoms with Gasteiger partial charge in [-0.05, 0) is 48.6 Å². The number of nitrogens with one attached hydrogen (secondary N) is 2. The zero-order chi connectivity index (χ0) is 26.4. The molecule has 5 atom stereocenters. The highest BCUT2D eigenvalue weighted by atomic mass is 16.5. The molecular formula is C30H36N4O4. The predicted molar refractivity (Wildman–Crippen MR) is 145 cm³/mol. The fraction of sp³-hybridized carbons (Fsp3) is 0.467. The number of hydrogen-bond acceptors (Lipinski definition) is 6. The molecule has 3 aliphatic heterocycles. The first-order valence-corrected chi connectivity index (χ1v) is 13.6. The zero-order valence-electron chi connectivity index (χ0n) is 22.3. The fourth-order valence-corrected chi connectivity index (χ4v) is 7.12. The summed E-state index contributed by atoms with van der Waals surface area (Å²) in [5, 5.41) is 4.30. The van der Waals surface area contributed by atoms with Gasteiger partial charge in [0.1, 0.15) is 11.8 Å². The van der Waals surface area contributed by atoms with Gasteiger partial charge in [-0.25, -0.2) is 0 Å². The molecule has 2 saturated heterocycles. The number of aromatic amines is 1. The summed E-state index contributed by atoms with van der Waals surface area (Å²) in [6, 6.07) is 16.8. The third-order valence-corrected chi connectivity index (χ3v) is 8.74. The van der Waals surface area contributed by atoms with Crippen molar-refractivity contribution in [2.75, 3.05) is 27.3 Å². The molecule has 2 N–H and O–H groups in total. The van der Waals surface area contributed by atoms with Crippen LogP contribution >= 0.6 is 0 Å². The molecule has 0 bridgehead atoms. The zero-order valence-corrected chi connectivity index (χ0v) is 22.3. The molecule has 0 aliphatic carbocycles. The number of esters is 1.